The first-order valence-corrected chi connectivity index (χ1v) is 6.39. The maximum atomic E-state index is 13.4. The van der Waals surface area contributed by atoms with E-state index in [1.165, 1.54) is 18.5 Å². The number of hydrogen-bond acceptors (Lipinski definition) is 3. The summed E-state index contributed by atoms with van der Waals surface area (Å²) >= 11 is 8.92. The predicted molar refractivity (Wildman–Crippen MR) is 73.8 cm³/mol. The summed E-state index contributed by atoms with van der Waals surface area (Å²) in [6.07, 6.45) is 2.81. The van der Waals surface area contributed by atoms with Crippen LogP contribution in [0.15, 0.2) is 29.0 Å². The fraction of sp³-hybridized carbons (Fsp3) is 0.0833. The molecule has 1 aromatic carbocycles. The molecule has 0 unspecified atom stereocenters. The first-order valence-electron chi connectivity index (χ1n) is 5.22. The average molecular weight is 345 g/mol. The van der Waals surface area contributed by atoms with Gasteiger partial charge in [-0.15, -0.1) is 0 Å². The van der Waals surface area contributed by atoms with Crippen molar-refractivity contribution < 1.29 is 9.18 Å². The van der Waals surface area contributed by atoms with Crippen molar-refractivity contribution in [1.82, 2.24) is 9.97 Å². The Kier molecular flexibility index (Phi) is 4.11. The molecule has 0 atom stereocenters. The highest BCUT2D eigenvalue weighted by Gasteiger charge is 2.12. The van der Waals surface area contributed by atoms with Crippen molar-refractivity contribution in [3.8, 4) is 0 Å². The smallest absolute Gasteiger partial charge is 0.275 e. The molecule has 0 aliphatic heterocycles. The molecule has 0 fully saturated rings. The number of nitrogens with one attached hydrogen (secondary N) is 1. The maximum Gasteiger partial charge on any atom is 0.275 e. The summed E-state index contributed by atoms with van der Waals surface area (Å²) < 4.78 is 13.6. The Hall–Kier alpha value is -1.53. The molecule has 0 radical (unpaired) electrons. The number of carbonyl (C=O) groups is 1. The molecule has 0 aliphatic carbocycles. The summed E-state index contributed by atoms with van der Waals surface area (Å²) in [5.74, 6) is -1.02. The zero-order valence-corrected chi connectivity index (χ0v) is 12.1. The molecule has 1 aromatic heterocycles. The molecule has 1 N–H and O–H groups in total. The van der Waals surface area contributed by atoms with Crippen LogP contribution in [0.4, 0.5) is 10.1 Å². The predicted octanol–water partition coefficient (Wildman–Crippen LogP) is 3.59. The van der Waals surface area contributed by atoms with Crippen LogP contribution in [0.25, 0.3) is 0 Å². The Morgan fingerprint density at radius 3 is 2.74 bits per heavy atom. The summed E-state index contributed by atoms with van der Waals surface area (Å²) in [6.45, 7) is 1.76. The Bertz CT molecular complexity index is 634. The average Bonchev–Trinajstić information content (AvgIpc) is 2.36. The molecule has 1 amide bonds. The topological polar surface area (TPSA) is 54.9 Å². The van der Waals surface area contributed by atoms with Gasteiger partial charge in [0.25, 0.3) is 5.91 Å². The Morgan fingerprint density at radius 1 is 1.37 bits per heavy atom. The van der Waals surface area contributed by atoms with Crippen LogP contribution in [-0.2, 0) is 0 Å². The lowest BCUT2D eigenvalue weighted by molar-refractivity contribution is 0.102. The van der Waals surface area contributed by atoms with Crippen molar-refractivity contribution in [2.24, 2.45) is 0 Å². The molecule has 4 nitrogen and oxygen atoms in total. The number of aryl methyl sites for hydroxylation is 1. The van der Waals surface area contributed by atoms with Gasteiger partial charge in [0.2, 0.25) is 0 Å². The minimum atomic E-state index is -0.519. The lowest BCUT2D eigenvalue weighted by Gasteiger charge is -2.07. The van der Waals surface area contributed by atoms with E-state index in [0.717, 1.165) is 6.07 Å². The molecule has 0 spiro atoms. The molecule has 1 heterocycles. The van der Waals surface area contributed by atoms with Gasteiger partial charge in [-0.3, -0.25) is 9.78 Å². The number of nitrogens with zero attached hydrogens (tertiary/aromatic N) is 2. The molecule has 2 aromatic rings. The number of carbonyl (C=O) groups excluding carboxylic acids is 1. The standard InChI is InChI=1S/C12H8BrClFN3O/c1-6-4-17-11(5-16-6)12(19)18-10-3-9(15)7(13)2-8(10)14/h2-5H,1H3,(H,18,19). The first-order chi connectivity index (χ1) is 8.97. The number of rotatable bonds is 2. The fourth-order valence-corrected chi connectivity index (χ4v) is 2.00. The number of amides is 1. The molecule has 7 heteroatoms. The largest absolute Gasteiger partial charge is 0.319 e. The molecule has 0 saturated carbocycles. The van der Waals surface area contributed by atoms with Gasteiger partial charge in [0.15, 0.2) is 0 Å². The van der Waals surface area contributed by atoms with Crippen LogP contribution in [0.1, 0.15) is 16.2 Å². The van der Waals surface area contributed by atoms with E-state index in [1.807, 2.05) is 0 Å². The number of aromatic nitrogens is 2. The second kappa shape index (κ2) is 5.63. The van der Waals surface area contributed by atoms with Crippen molar-refractivity contribution in [2.45, 2.75) is 6.92 Å². The van der Waals surface area contributed by atoms with Crippen molar-refractivity contribution in [3.05, 3.63) is 51.2 Å². The van der Waals surface area contributed by atoms with Crippen LogP contribution < -0.4 is 5.32 Å². The molecule has 2 rings (SSSR count). The van der Waals surface area contributed by atoms with Crippen molar-refractivity contribution in [2.75, 3.05) is 5.32 Å². The van der Waals surface area contributed by atoms with Crippen LogP contribution in [0.3, 0.4) is 0 Å². The third-order valence-corrected chi connectivity index (χ3v) is 3.19. The van der Waals surface area contributed by atoms with Gasteiger partial charge in [-0.1, -0.05) is 11.6 Å². The van der Waals surface area contributed by atoms with Crippen LogP contribution >= 0.6 is 27.5 Å². The number of halogens is 3. The van der Waals surface area contributed by atoms with Crippen LogP contribution in [0, 0.1) is 12.7 Å². The van der Waals surface area contributed by atoms with E-state index in [4.69, 9.17) is 11.6 Å². The van der Waals surface area contributed by atoms with Gasteiger partial charge in [-0.25, -0.2) is 9.37 Å². The van der Waals surface area contributed by atoms with Gasteiger partial charge < -0.3 is 5.32 Å². The second-order valence-electron chi connectivity index (χ2n) is 3.74. The Labute approximate surface area is 122 Å². The first kappa shape index (κ1) is 13.9. The SMILES string of the molecule is Cc1cnc(C(=O)Nc2cc(F)c(Br)cc2Cl)cn1. The van der Waals surface area contributed by atoms with Gasteiger partial charge in [-0.2, -0.15) is 0 Å². The number of hydrogen-bond donors (Lipinski definition) is 1. The second-order valence-corrected chi connectivity index (χ2v) is 5.00. The van der Waals surface area contributed by atoms with E-state index < -0.39 is 11.7 Å². The van der Waals surface area contributed by atoms with E-state index in [1.54, 1.807) is 6.92 Å². The fourth-order valence-electron chi connectivity index (χ4n) is 1.31. The highest BCUT2D eigenvalue weighted by molar-refractivity contribution is 9.10. The molecule has 0 saturated heterocycles. The van der Waals surface area contributed by atoms with Crippen molar-refractivity contribution >= 4 is 39.1 Å². The number of benzene rings is 1. The lowest BCUT2D eigenvalue weighted by atomic mass is 10.3. The Morgan fingerprint density at radius 2 is 2.11 bits per heavy atom. The van der Waals surface area contributed by atoms with E-state index in [2.05, 4.69) is 31.2 Å². The molecular weight excluding hydrogens is 337 g/mol. The molecule has 0 aliphatic rings. The van der Waals surface area contributed by atoms with Crippen LogP contribution in [0.2, 0.25) is 5.02 Å². The summed E-state index contributed by atoms with van der Waals surface area (Å²) in [5.41, 5.74) is 1.00. The van der Waals surface area contributed by atoms with E-state index in [0.29, 0.717) is 5.69 Å². The minimum Gasteiger partial charge on any atom is -0.319 e. The Balaban J connectivity index is 2.24. The highest BCUT2D eigenvalue weighted by Crippen LogP contribution is 2.28. The highest BCUT2D eigenvalue weighted by atomic mass is 79.9. The summed E-state index contributed by atoms with van der Waals surface area (Å²) in [5, 5.41) is 2.70. The maximum absolute atomic E-state index is 13.4. The molecular formula is C12H8BrClFN3O. The van der Waals surface area contributed by atoms with Gasteiger partial charge in [0, 0.05) is 12.3 Å². The summed E-state index contributed by atoms with van der Waals surface area (Å²) in [7, 11) is 0. The van der Waals surface area contributed by atoms with Crippen LogP contribution in [0.5, 0.6) is 0 Å². The summed E-state index contributed by atoms with van der Waals surface area (Å²) in [6, 6.07) is 2.50. The minimum absolute atomic E-state index is 0.130. The zero-order valence-electron chi connectivity index (χ0n) is 9.75. The quantitative estimate of drug-likeness (QED) is 0.847. The van der Waals surface area contributed by atoms with E-state index in [9.17, 15) is 9.18 Å². The lowest BCUT2D eigenvalue weighted by Crippen LogP contribution is -2.14. The van der Waals surface area contributed by atoms with Gasteiger partial charge in [0.1, 0.15) is 11.5 Å². The number of anilines is 1. The molecule has 98 valence electrons. The zero-order chi connectivity index (χ0) is 14.0. The third kappa shape index (κ3) is 3.27. The monoisotopic (exact) mass is 343 g/mol. The van der Waals surface area contributed by atoms with Gasteiger partial charge in [-0.05, 0) is 28.9 Å². The van der Waals surface area contributed by atoms with Crippen molar-refractivity contribution in [3.63, 3.8) is 0 Å². The normalized spacial score (nSPS) is 10.3. The van der Waals surface area contributed by atoms with E-state index in [-0.39, 0.29) is 20.9 Å². The van der Waals surface area contributed by atoms with E-state index >= 15 is 0 Å². The van der Waals surface area contributed by atoms with Gasteiger partial charge in [0.05, 0.1) is 27.1 Å². The van der Waals surface area contributed by atoms with Gasteiger partial charge >= 0.3 is 0 Å². The molecule has 19 heavy (non-hydrogen) atoms. The van der Waals surface area contributed by atoms with Crippen LogP contribution in [-0.4, -0.2) is 15.9 Å². The third-order valence-electron chi connectivity index (χ3n) is 2.27. The van der Waals surface area contributed by atoms with Crippen molar-refractivity contribution in [1.29, 1.82) is 0 Å². The summed E-state index contributed by atoms with van der Waals surface area (Å²) in [4.78, 5) is 19.7. The molecule has 0 bridgehead atoms.